The van der Waals surface area contributed by atoms with E-state index in [0.717, 1.165) is 0 Å². The van der Waals surface area contributed by atoms with Crippen LogP contribution in [-0.4, -0.2) is 15.6 Å². The predicted octanol–water partition coefficient (Wildman–Crippen LogP) is 1.65. The Labute approximate surface area is 110 Å². The van der Waals surface area contributed by atoms with Crippen LogP contribution < -0.4 is 10.9 Å². The standard InChI is InChI=1S/C14H14N2O3/c1-9-4-3-5-11(13(9)18)15-14(19)10-6-7-16(2)12(17)8-10/h3-8,18H,1-2H3,(H,15,19). The summed E-state index contributed by atoms with van der Waals surface area (Å²) in [5.41, 5.74) is 0.984. The summed E-state index contributed by atoms with van der Waals surface area (Å²) >= 11 is 0. The van der Waals surface area contributed by atoms with Crippen molar-refractivity contribution in [3.8, 4) is 5.75 Å². The van der Waals surface area contributed by atoms with Gasteiger partial charge in [0.25, 0.3) is 11.5 Å². The largest absolute Gasteiger partial charge is 0.505 e. The Hall–Kier alpha value is -2.56. The number of nitrogens with zero attached hydrogens (tertiary/aromatic N) is 1. The average Bonchev–Trinajstić information content (AvgIpc) is 2.38. The fraction of sp³-hybridized carbons (Fsp3) is 0.143. The number of phenols is 1. The SMILES string of the molecule is Cc1cccc(NC(=O)c2ccn(C)c(=O)c2)c1O. The zero-order valence-electron chi connectivity index (χ0n) is 10.7. The molecule has 1 aromatic heterocycles. The lowest BCUT2D eigenvalue weighted by molar-refractivity contribution is 0.102. The molecule has 19 heavy (non-hydrogen) atoms. The van der Waals surface area contributed by atoms with E-state index >= 15 is 0 Å². The quantitative estimate of drug-likeness (QED) is 0.805. The summed E-state index contributed by atoms with van der Waals surface area (Å²) in [6.45, 7) is 1.74. The number of anilines is 1. The van der Waals surface area contributed by atoms with Crippen LogP contribution in [0.2, 0.25) is 0 Å². The molecular weight excluding hydrogens is 244 g/mol. The monoisotopic (exact) mass is 258 g/mol. The van der Waals surface area contributed by atoms with Gasteiger partial charge in [-0.1, -0.05) is 12.1 Å². The Balaban J connectivity index is 2.28. The molecule has 0 unspecified atom stereocenters. The molecule has 1 amide bonds. The highest BCUT2D eigenvalue weighted by molar-refractivity contribution is 6.04. The molecule has 5 heteroatoms. The Morgan fingerprint density at radius 1 is 1.32 bits per heavy atom. The molecule has 0 fully saturated rings. The predicted molar refractivity (Wildman–Crippen MR) is 72.5 cm³/mol. The van der Waals surface area contributed by atoms with E-state index in [1.54, 1.807) is 38.2 Å². The van der Waals surface area contributed by atoms with Crippen LogP contribution in [-0.2, 0) is 7.05 Å². The third-order valence-corrected chi connectivity index (χ3v) is 2.85. The molecule has 0 saturated carbocycles. The molecule has 98 valence electrons. The highest BCUT2D eigenvalue weighted by Crippen LogP contribution is 2.26. The number of aryl methyl sites for hydroxylation is 2. The van der Waals surface area contributed by atoms with Crippen LogP contribution in [0.4, 0.5) is 5.69 Å². The van der Waals surface area contributed by atoms with Crippen molar-refractivity contribution < 1.29 is 9.90 Å². The second-order valence-electron chi connectivity index (χ2n) is 4.29. The Morgan fingerprint density at radius 3 is 2.74 bits per heavy atom. The summed E-state index contributed by atoms with van der Waals surface area (Å²) in [7, 11) is 1.61. The number of pyridine rings is 1. The Kier molecular flexibility index (Phi) is 3.37. The molecule has 2 aromatic rings. The van der Waals surface area contributed by atoms with Crippen LogP contribution in [0.3, 0.4) is 0 Å². The average molecular weight is 258 g/mol. The number of hydrogen-bond donors (Lipinski definition) is 2. The van der Waals surface area contributed by atoms with Crippen molar-refractivity contribution >= 4 is 11.6 Å². The number of carbonyl (C=O) groups excluding carboxylic acids is 1. The Bertz CT molecular complexity index is 689. The Morgan fingerprint density at radius 2 is 2.05 bits per heavy atom. The molecular formula is C14H14N2O3. The number of amides is 1. The normalized spacial score (nSPS) is 10.2. The van der Waals surface area contributed by atoms with Gasteiger partial charge in [-0.3, -0.25) is 9.59 Å². The molecule has 0 saturated heterocycles. The van der Waals surface area contributed by atoms with Crippen LogP contribution >= 0.6 is 0 Å². The van der Waals surface area contributed by atoms with Crippen molar-refractivity contribution in [2.24, 2.45) is 7.05 Å². The number of phenolic OH excluding ortho intramolecular Hbond substituents is 1. The van der Waals surface area contributed by atoms with E-state index in [1.807, 2.05) is 0 Å². The van der Waals surface area contributed by atoms with Crippen molar-refractivity contribution in [1.82, 2.24) is 4.57 Å². The number of aromatic nitrogens is 1. The first-order chi connectivity index (χ1) is 8.99. The fourth-order valence-electron chi connectivity index (χ4n) is 1.64. The summed E-state index contributed by atoms with van der Waals surface area (Å²) in [6.07, 6.45) is 1.52. The van der Waals surface area contributed by atoms with Gasteiger partial charge >= 0.3 is 0 Å². The van der Waals surface area contributed by atoms with Crippen molar-refractivity contribution in [3.05, 3.63) is 58.0 Å². The van der Waals surface area contributed by atoms with Crippen molar-refractivity contribution in [3.63, 3.8) is 0 Å². The molecule has 2 rings (SSSR count). The van der Waals surface area contributed by atoms with E-state index in [2.05, 4.69) is 5.32 Å². The van der Waals surface area contributed by atoms with Crippen molar-refractivity contribution in [2.45, 2.75) is 6.92 Å². The number of hydrogen-bond acceptors (Lipinski definition) is 3. The highest BCUT2D eigenvalue weighted by atomic mass is 16.3. The maximum absolute atomic E-state index is 12.0. The fourth-order valence-corrected chi connectivity index (χ4v) is 1.64. The van der Waals surface area contributed by atoms with E-state index in [0.29, 0.717) is 11.3 Å². The molecule has 0 aliphatic heterocycles. The van der Waals surface area contributed by atoms with Gasteiger partial charge in [0, 0.05) is 24.9 Å². The zero-order valence-corrected chi connectivity index (χ0v) is 10.7. The lowest BCUT2D eigenvalue weighted by Crippen LogP contribution is -2.20. The summed E-state index contributed by atoms with van der Waals surface area (Å²) < 4.78 is 1.38. The molecule has 5 nitrogen and oxygen atoms in total. The lowest BCUT2D eigenvalue weighted by Gasteiger charge is -2.09. The smallest absolute Gasteiger partial charge is 0.256 e. The van der Waals surface area contributed by atoms with Gasteiger partial charge in [0.05, 0.1) is 5.69 Å². The zero-order chi connectivity index (χ0) is 14.0. The summed E-state index contributed by atoms with van der Waals surface area (Å²) in [6, 6.07) is 7.87. The van der Waals surface area contributed by atoms with Crippen molar-refractivity contribution in [1.29, 1.82) is 0 Å². The van der Waals surface area contributed by atoms with Gasteiger partial charge in [0.1, 0.15) is 5.75 Å². The minimum Gasteiger partial charge on any atom is -0.505 e. The first-order valence-electron chi connectivity index (χ1n) is 5.75. The highest BCUT2D eigenvalue weighted by Gasteiger charge is 2.10. The van der Waals surface area contributed by atoms with Crippen LogP contribution in [0.5, 0.6) is 5.75 Å². The topological polar surface area (TPSA) is 71.3 Å². The van der Waals surface area contributed by atoms with Gasteiger partial charge in [-0.2, -0.15) is 0 Å². The first-order valence-corrected chi connectivity index (χ1v) is 5.75. The second kappa shape index (κ2) is 4.97. The molecule has 0 aliphatic carbocycles. The van der Waals surface area contributed by atoms with Crippen LogP contribution in [0, 0.1) is 6.92 Å². The molecule has 0 radical (unpaired) electrons. The van der Waals surface area contributed by atoms with Gasteiger partial charge in [0.15, 0.2) is 0 Å². The van der Waals surface area contributed by atoms with Gasteiger partial charge in [-0.15, -0.1) is 0 Å². The van der Waals surface area contributed by atoms with Crippen LogP contribution in [0.1, 0.15) is 15.9 Å². The lowest BCUT2D eigenvalue weighted by atomic mass is 10.2. The van der Waals surface area contributed by atoms with E-state index in [4.69, 9.17) is 0 Å². The first kappa shape index (κ1) is 12.9. The maximum atomic E-state index is 12.0. The third-order valence-electron chi connectivity index (χ3n) is 2.85. The number of aromatic hydroxyl groups is 1. The maximum Gasteiger partial charge on any atom is 0.256 e. The minimum atomic E-state index is -0.432. The van der Waals surface area contributed by atoms with E-state index < -0.39 is 5.91 Å². The molecule has 0 aliphatic rings. The van der Waals surface area contributed by atoms with E-state index in [-0.39, 0.29) is 16.9 Å². The van der Waals surface area contributed by atoms with Crippen molar-refractivity contribution in [2.75, 3.05) is 5.32 Å². The molecule has 1 aromatic carbocycles. The van der Waals surface area contributed by atoms with Crippen LogP contribution in [0.25, 0.3) is 0 Å². The third kappa shape index (κ3) is 2.65. The number of carbonyl (C=O) groups is 1. The number of rotatable bonds is 2. The van der Waals surface area contributed by atoms with Gasteiger partial charge < -0.3 is 15.0 Å². The van der Waals surface area contributed by atoms with Gasteiger partial charge in [0.2, 0.25) is 0 Å². The molecule has 1 heterocycles. The molecule has 0 atom stereocenters. The van der Waals surface area contributed by atoms with E-state index in [9.17, 15) is 14.7 Å². The number of para-hydroxylation sites is 1. The number of benzene rings is 1. The second-order valence-corrected chi connectivity index (χ2v) is 4.29. The minimum absolute atomic E-state index is 0.0275. The molecule has 0 spiro atoms. The van der Waals surface area contributed by atoms with Gasteiger partial charge in [-0.05, 0) is 24.6 Å². The summed E-state index contributed by atoms with van der Waals surface area (Å²) in [5.74, 6) is -0.404. The van der Waals surface area contributed by atoms with E-state index in [1.165, 1.54) is 16.8 Å². The summed E-state index contributed by atoms with van der Waals surface area (Å²) in [4.78, 5) is 23.4. The molecule has 2 N–H and O–H groups in total. The number of nitrogens with one attached hydrogen (secondary N) is 1. The van der Waals surface area contributed by atoms with Crippen LogP contribution in [0.15, 0.2) is 41.3 Å². The summed E-state index contributed by atoms with van der Waals surface area (Å²) in [5, 5.41) is 12.4. The van der Waals surface area contributed by atoms with Gasteiger partial charge in [-0.25, -0.2) is 0 Å². The molecule has 0 bridgehead atoms.